The van der Waals surface area contributed by atoms with Crippen LogP contribution in [0.4, 0.5) is 0 Å². The van der Waals surface area contributed by atoms with Gasteiger partial charge in [-0.2, -0.15) is 0 Å². The van der Waals surface area contributed by atoms with E-state index in [2.05, 4.69) is 5.32 Å². The lowest BCUT2D eigenvalue weighted by atomic mass is 9.89. The molecular formula is C21H25NO3. The number of ether oxygens (including phenoxy) is 2. The monoisotopic (exact) mass is 339 g/mol. The molecule has 1 heterocycles. The number of hydrogen-bond acceptors (Lipinski definition) is 3. The van der Waals surface area contributed by atoms with Crippen molar-refractivity contribution in [1.29, 1.82) is 0 Å². The highest BCUT2D eigenvalue weighted by molar-refractivity contribution is 5.81. The molecule has 4 nitrogen and oxygen atoms in total. The number of para-hydroxylation sites is 1. The summed E-state index contributed by atoms with van der Waals surface area (Å²) in [5.74, 6) is 1.41. The Bertz CT molecular complexity index is 755. The third-order valence-corrected chi connectivity index (χ3v) is 4.37. The molecule has 3 rings (SSSR count). The molecule has 4 heteroatoms. The van der Waals surface area contributed by atoms with Crippen molar-refractivity contribution >= 4 is 5.91 Å². The van der Waals surface area contributed by atoms with Gasteiger partial charge in [-0.25, -0.2) is 0 Å². The second-order valence-corrected chi connectivity index (χ2v) is 7.24. The van der Waals surface area contributed by atoms with Crippen LogP contribution in [0.1, 0.15) is 44.4 Å². The Morgan fingerprint density at radius 3 is 2.68 bits per heavy atom. The summed E-state index contributed by atoms with van der Waals surface area (Å²) in [6.07, 6.45) is 0.148. The average Bonchev–Trinajstić information content (AvgIpc) is 2.54. The van der Waals surface area contributed by atoms with E-state index in [0.29, 0.717) is 12.2 Å². The van der Waals surface area contributed by atoms with E-state index in [1.807, 2.05) is 69.3 Å². The maximum absolute atomic E-state index is 12.6. The van der Waals surface area contributed by atoms with Gasteiger partial charge in [0.2, 0.25) is 0 Å². The predicted molar refractivity (Wildman–Crippen MR) is 97.9 cm³/mol. The minimum Gasteiger partial charge on any atom is -0.487 e. The molecule has 25 heavy (non-hydrogen) atoms. The highest BCUT2D eigenvalue weighted by atomic mass is 16.5. The quantitative estimate of drug-likeness (QED) is 0.909. The van der Waals surface area contributed by atoms with Crippen molar-refractivity contribution in [2.24, 2.45) is 0 Å². The van der Waals surface area contributed by atoms with Crippen molar-refractivity contribution in [2.45, 2.75) is 51.9 Å². The van der Waals surface area contributed by atoms with Gasteiger partial charge in [-0.15, -0.1) is 0 Å². The van der Waals surface area contributed by atoms with Crippen molar-refractivity contribution in [3.63, 3.8) is 0 Å². The SMILES string of the molecule is Cc1ccc2c(c1)OC(C)(C)C[C@H]2NC(=O)[C@H](C)Oc1ccccc1. The third-order valence-electron chi connectivity index (χ3n) is 4.37. The summed E-state index contributed by atoms with van der Waals surface area (Å²) in [5, 5.41) is 3.13. The Hall–Kier alpha value is -2.49. The van der Waals surface area contributed by atoms with Gasteiger partial charge in [0, 0.05) is 12.0 Å². The van der Waals surface area contributed by atoms with Crippen LogP contribution in [0.25, 0.3) is 0 Å². The zero-order valence-corrected chi connectivity index (χ0v) is 15.2. The van der Waals surface area contributed by atoms with Crippen LogP contribution >= 0.6 is 0 Å². The molecule has 0 saturated carbocycles. The number of carbonyl (C=O) groups is 1. The van der Waals surface area contributed by atoms with Gasteiger partial charge in [-0.05, 0) is 51.5 Å². The Kier molecular flexibility index (Phi) is 4.71. The number of benzene rings is 2. The molecule has 0 aliphatic carbocycles. The standard InChI is InChI=1S/C21H25NO3/c1-14-10-11-17-18(13-21(3,4)25-19(17)12-14)22-20(23)15(2)24-16-8-6-5-7-9-16/h5-12,15,18H,13H2,1-4H3,(H,22,23)/t15-,18+/m0/s1. The minimum absolute atomic E-state index is 0.0892. The minimum atomic E-state index is -0.567. The molecule has 0 aromatic heterocycles. The van der Waals surface area contributed by atoms with Gasteiger partial charge in [0.15, 0.2) is 6.10 Å². The zero-order chi connectivity index (χ0) is 18.0. The van der Waals surface area contributed by atoms with Crippen LogP contribution in [-0.4, -0.2) is 17.6 Å². The van der Waals surface area contributed by atoms with Crippen LogP contribution in [0, 0.1) is 6.92 Å². The van der Waals surface area contributed by atoms with E-state index in [0.717, 1.165) is 16.9 Å². The lowest BCUT2D eigenvalue weighted by Crippen LogP contribution is -2.44. The molecule has 0 unspecified atom stereocenters. The third kappa shape index (κ3) is 4.13. The molecule has 1 aliphatic rings. The fourth-order valence-corrected chi connectivity index (χ4v) is 3.13. The van der Waals surface area contributed by atoms with Crippen molar-refractivity contribution < 1.29 is 14.3 Å². The van der Waals surface area contributed by atoms with Crippen LogP contribution in [0.3, 0.4) is 0 Å². The summed E-state index contributed by atoms with van der Waals surface area (Å²) >= 11 is 0. The molecule has 2 aromatic rings. The van der Waals surface area contributed by atoms with E-state index in [1.54, 1.807) is 6.92 Å². The zero-order valence-electron chi connectivity index (χ0n) is 15.2. The first-order valence-corrected chi connectivity index (χ1v) is 8.66. The summed E-state index contributed by atoms with van der Waals surface area (Å²) in [7, 11) is 0. The lowest BCUT2D eigenvalue weighted by Gasteiger charge is -2.38. The first-order valence-electron chi connectivity index (χ1n) is 8.66. The predicted octanol–water partition coefficient (Wildman–Crippen LogP) is 4.18. The Balaban J connectivity index is 1.74. The van der Waals surface area contributed by atoms with Gasteiger partial charge >= 0.3 is 0 Å². The second kappa shape index (κ2) is 6.79. The second-order valence-electron chi connectivity index (χ2n) is 7.24. The van der Waals surface area contributed by atoms with Gasteiger partial charge in [-0.3, -0.25) is 4.79 Å². The van der Waals surface area contributed by atoms with Crippen molar-refractivity contribution in [2.75, 3.05) is 0 Å². The fourth-order valence-electron chi connectivity index (χ4n) is 3.13. The molecule has 1 aliphatic heterocycles. The molecule has 1 amide bonds. The molecule has 2 aromatic carbocycles. The van der Waals surface area contributed by atoms with Crippen LogP contribution in [0.15, 0.2) is 48.5 Å². The number of carbonyl (C=O) groups excluding carboxylic acids is 1. The Labute approximate surface area is 149 Å². The molecular weight excluding hydrogens is 314 g/mol. The normalized spacial score (nSPS) is 19.3. The van der Waals surface area contributed by atoms with Crippen molar-refractivity contribution in [1.82, 2.24) is 5.32 Å². The van der Waals surface area contributed by atoms with Crippen LogP contribution in [-0.2, 0) is 4.79 Å². The maximum atomic E-state index is 12.6. The van der Waals surface area contributed by atoms with Crippen LogP contribution < -0.4 is 14.8 Å². The molecule has 2 atom stereocenters. The molecule has 0 spiro atoms. The summed E-state index contributed by atoms with van der Waals surface area (Å²) in [6.45, 7) is 7.89. The smallest absolute Gasteiger partial charge is 0.261 e. The van der Waals surface area contributed by atoms with E-state index >= 15 is 0 Å². The van der Waals surface area contributed by atoms with Crippen LogP contribution in [0.5, 0.6) is 11.5 Å². The largest absolute Gasteiger partial charge is 0.487 e. The molecule has 0 radical (unpaired) electrons. The number of hydrogen-bond donors (Lipinski definition) is 1. The van der Waals surface area contributed by atoms with Crippen molar-refractivity contribution in [3.05, 3.63) is 59.7 Å². The number of aryl methyl sites for hydroxylation is 1. The maximum Gasteiger partial charge on any atom is 0.261 e. The highest BCUT2D eigenvalue weighted by Crippen LogP contribution is 2.39. The highest BCUT2D eigenvalue weighted by Gasteiger charge is 2.35. The van der Waals surface area contributed by atoms with Gasteiger partial charge in [0.25, 0.3) is 5.91 Å². The summed E-state index contributed by atoms with van der Waals surface area (Å²) in [4.78, 5) is 12.6. The van der Waals surface area contributed by atoms with Gasteiger partial charge in [0.1, 0.15) is 17.1 Å². The molecule has 0 fully saturated rings. The van der Waals surface area contributed by atoms with E-state index in [4.69, 9.17) is 9.47 Å². The first-order chi connectivity index (χ1) is 11.8. The van der Waals surface area contributed by atoms with Crippen LogP contribution in [0.2, 0.25) is 0 Å². The van der Waals surface area contributed by atoms with E-state index < -0.39 is 6.10 Å². The van der Waals surface area contributed by atoms with E-state index in [1.165, 1.54) is 0 Å². The Morgan fingerprint density at radius 1 is 1.24 bits per heavy atom. The summed E-state index contributed by atoms with van der Waals surface area (Å²) in [6, 6.07) is 15.4. The lowest BCUT2D eigenvalue weighted by molar-refractivity contribution is -0.128. The van der Waals surface area contributed by atoms with E-state index in [9.17, 15) is 4.79 Å². The Morgan fingerprint density at radius 2 is 1.96 bits per heavy atom. The van der Waals surface area contributed by atoms with Gasteiger partial charge < -0.3 is 14.8 Å². The number of nitrogens with one attached hydrogen (secondary N) is 1. The topological polar surface area (TPSA) is 47.6 Å². The number of amides is 1. The summed E-state index contributed by atoms with van der Waals surface area (Å²) in [5.41, 5.74) is 1.83. The first kappa shape index (κ1) is 17.3. The molecule has 0 saturated heterocycles. The number of rotatable bonds is 4. The van der Waals surface area contributed by atoms with E-state index in [-0.39, 0.29) is 17.6 Å². The van der Waals surface area contributed by atoms with Gasteiger partial charge in [0.05, 0.1) is 6.04 Å². The molecule has 132 valence electrons. The molecule has 0 bridgehead atoms. The average molecular weight is 339 g/mol. The number of fused-ring (bicyclic) bond motifs is 1. The van der Waals surface area contributed by atoms with Crippen molar-refractivity contribution in [3.8, 4) is 11.5 Å². The summed E-state index contributed by atoms with van der Waals surface area (Å²) < 4.78 is 11.8. The van der Waals surface area contributed by atoms with Gasteiger partial charge in [-0.1, -0.05) is 30.3 Å². The molecule has 1 N–H and O–H groups in total. The fraction of sp³-hybridized carbons (Fsp3) is 0.381.